The first-order valence-corrected chi connectivity index (χ1v) is 16.9. The summed E-state index contributed by atoms with van der Waals surface area (Å²) in [5.74, 6) is -0.644. The molecule has 0 radical (unpaired) electrons. The molecular formula is C35H28F2N4O3S2. The Balaban J connectivity index is 1.16. The highest BCUT2D eigenvalue weighted by atomic mass is 32.2. The molecule has 0 fully saturated rings. The van der Waals surface area contributed by atoms with E-state index in [4.69, 9.17) is 4.98 Å². The largest absolute Gasteiger partial charge is 0.611 e. The van der Waals surface area contributed by atoms with E-state index in [2.05, 4.69) is 5.32 Å². The van der Waals surface area contributed by atoms with Gasteiger partial charge in [-0.1, -0.05) is 36.4 Å². The molecule has 2 aromatic heterocycles. The number of hydrogen-bond donors (Lipinski definition) is 1. The molecule has 46 heavy (non-hydrogen) atoms. The van der Waals surface area contributed by atoms with Gasteiger partial charge in [0.15, 0.2) is 4.90 Å². The van der Waals surface area contributed by atoms with Gasteiger partial charge in [-0.25, -0.2) is 13.8 Å². The molecule has 0 bridgehead atoms. The zero-order chi connectivity index (χ0) is 31.9. The van der Waals surface area contributed by atoms with Crippen LogP contribution < -0.4 is 15.1 Å². The fourth-order valence-corrected chi connectivity index (χ4v) is 8.30. The van der Waals surface area contributed by atoms with Gasteiger partial charge >= 0.3 is 0 Å². The second kappa shape index (κ2) is 12.3. The molecule has 7 nitrogen and oxygen atoms in total. The number of benzene rings is 3. The lowest BCUT2D eigenvalue weighted by molar-refractivity contribution is 0.0981. The van der Waals surface area contributed by atoms with Crippen molar-refractivity contribution in [2.24, 2.45) is 0 Å². The summed E-state index contributed by atoms with van der Waals surface area (Å²) in [7, 11) is 0. The minimum absolute atomic E-state index is 0.160. The van der Waals surface area contributed by atoms with Crippen LogP contribution in [0.3, 0.4) is 0 Å². The Morgan fingerprint density at radius 1 is 0.957 bits per heavy atom. The van der Waals surface area contributed by atoms with Gasteiger partial charge in [-0.05, 0) is 84.2 Å². The van der Waals surface area contributed by atoms with Gasteiger partial charge in [0.2, 0.25) is 0 Å². The van der Waals surface area contributed by atoms with Crippen molar-refractivity contribution in [1.82, 2.24) is 4.98 Å². The Morgan fingerprint density at radius 3 is 2.63 bits per heavy atom. The van der Waals surface area contributed by atoms with Crippen LogP contribution in [-0.2, 0) is 24.1 Å². The van der Waals surface area contributed by atoms with Crippen molar-refractivity contribution < 1.29 is 22.9 Å². The highest BCUT2D eigenvalue weighted by molar-refractivity contribution is 7.91. The monoisotopic (exact) mass is 654 g/mol. The maximum absolute atomic E-state index is 14.4. The topological polar surface area (TPSA) is 88.6 Å². The van der Waals surface area contributed by atoms with Crippen LogP contribution in [0.5, 0.6) is 0 Å². The van der Waals surface area contributed by atoms with Crippen LogP contribution in [0.25, 0.3) is 10.4 Å². The SMILES string of the molecule is Cc1cccc(F)c1NC(=O)c1cc2c(s1)-c1ccccc1N(C(=O)c1cccc(N3CC[S+]([O-])c4ccc(F)cc4C3)n1)CC2. The van der Waals surface area contributed by atoms with E-state index in [1.165, 1.54) is 29.5 Å². The third-order valence-electron chi connectivity index (χ3n) is 8.24. The van der Waals surface area contributed by atoms with Gasteiger partial charge < -0.3 is 19.7 Å². The number of aromatic nitrogens is 1. The number of nitrogens with one attached hydrogen (secondary N) is 1. The maximum atomic E-state index is 14.4. The predicted octanol–water partition coefficient (Wildman–Crippen LogP) is 6.98. The Kier molecular flexibility index (Phi) is 8.06. The van der Waals surface area contributed by atoms with Crippen LogP contribution in [0, 0.1) is 18.6 Å². The standard InChI is InChI=1S/C35H28F2N4O3S2/c1-21-6-4-8-26(37)32(21)39-34(42)29-19-22-14-15-41(28-10-3-2-7-25(28)33(22)45-29)35(43)27-9-5-11-31(38-27)40-16-17-46(44)30-13-12-24(36)18-23(30)20-40/h2-13,18-19H,14-17,20H2,1H3,(H,39,42). The van der Waals surface area contributed by atoms with Crippen molar-refractivity contribution in [2.75, 3.05) is 34.0 Å². The van der Waals surface area contributed by atoms with Crippen molar-refractivity contribution in [3.05, 3.63) is 124 Å². The number of rotatable bonds is 4. The van der Waals surface area contributed by atoms with E-state index in [1.54, 1.807) is 48.2 Å². The maximum Gasteiger partial charge on any atom is 0.276 e. The number of para-hydroxylation sites is 2. The molecule has 5 aromatic rings. The lowest BCUT2D eigenvalue weighted by Gasteiger charge is -2.24. The normalized spacial score (nSPS) is 15.7. The molecule has 3 aromatic carbocycles. The van der Waals surface area contributed by atoms with Crippen LogP contribution >= 0.6 is 11.3 Å². The molecule has 11 heteroatoms. The molecular weight excluding hydrogens is 627 g/mol. The van der Waals surface area contributed by atoms with Crippen molar-refractivity contribution >= 4 is 51.5 Å². The summed E-state index contributed by atoms with van der Waals surface area (Å²) in [6.45, 7) is 2.86. The number of anilines is 3. The van der Waals surface area contributed by atoms with Crippen molar-refractivity contribution in [3.63, 3.8) is 0 Å². The van der Waals surface area contributed by atoms with Crippen molar-refractivity contribution in [1.29, 1.82) is 0 Å². The summed E-state index contributed by atoms with van der Waals surface area (Å²) in [6.07, 6.45) is 0.498. The summed E-state index contributed by atoms with van der Waals surface area (Å²) in [4.78, 5) is 37.6. The number of pyridine rings is 1. The molecule has 0 spiro atoms. The Morgan fingerprint density at radius 2 is 1.78 bits per heavy atom. The molecule has 0 saturated heterocycles. The minimum Gasteiger partial charge on any atom is -0.611 e. The second-order valence-electron chi connectivity index (χ2n) is 11.2. The Hall–Kier alpha value is -4.58. The Labute approximate surface area is 271 Å². The molecule has 0 saturated carbocycles. The van der Waals surface area contributed by atoms with Gasteiger partial charge in [-0.15, -0.1) is 11.3 Å². The number of amides is 2. The van der Waals surface area contributed by atoms with E-state index in [9.17, 15) is 22.9 Å². The van der Waals surface area contributed by atoms with Gasteiger partial charge in [0.1, 0.15) is 28.9 Å². The number of aryl methyl sites for hydroxylation is 1. The van der Waals surface area contributed by atoms with Gasteiger partial charge in [0.25, 0.3) is 11.8 Å². The number of nitrogens with zero attached hydrogens (tertiary/aromatic N) is 3. The number of carbonyl (C=O) groups excluding carboxylic acids is 2. The van der Waals surface area contributed by atoms with E-state index in [0.29, 0.717) is 64.2 Å². The smallest absolute Gasteiger partial charge is 0.276 e. The average molecular weight is 655 g/mol. The first kappa shape index (κ1) is 30.1. The number of fused-ring (bicyclic) bond motifs is 4. The molecule has 0 aliphatic carbocycles. The van der Waals surface area contributed by atoms with Gasteiger partial charge in [-0.3, -0.25) is 9.59 Å². The van der Waals surface area contributed by atoms with Gasteiger partial charge in [0, 0.05) is 29.1 Å². The number of carbonyl (C=O) groups is 2. The fraction of sp³-hybridized carbons (Fsp3) is 0.171. The minimum atomic E-state index is -1.27. The van der Waals surface area contributed by atoms with Crippen LogP contribution in [0.2, 0.25) is 0 Å². The quantitative estimate of drug-likeness (QED) is 0.211. The van der Waals surface area contributed by atoms with Gasteiger partial charge in [0.05, 0.1) is 22.8 Å². The van der Waals surface area contributed by atoms with Gasteiger partial charge in [-0.2, -0.15) is 0 Å². The van der Waals surface area contributed by atoms with E-state index in [-0.39, 0.29) is 23.2 Å². The first-order chi connectivity index (χ1) is 22.3. The van der Waals surface area contributed by atoms with Crippen LogP contribution in [0.4, 0.5) is 26.0 Å². The lowest BCUT2D eigenvalue weighted by atomic mass is 10.1. The van der Waals surface area contributed by atoms with Crippen LogP contribution in [0.15, 0.2) is 89.8 Å². The zero-order valence-electron chi connectivity index (χ0n) is 24.8. The van der Waals surface area contributed by atoms with E-state index >= 15 is 0 Å². The second-order valence-corrected chi connectivity index (χ2v) is 13.8. The molecule has 2 aliphatic rings. The molecule has 1 N–H and O–H groups in total. The molecule has 7 rings (SSSR count). The molecule has 1 atom stereocenters. The molecule has 232 valence electrons. The first-order valence-electron chi connectivity index (χ1n) is 14.8. The highest BCUT2D eigenvalue weighted by Gasteiger charge is 2.30. The number of thiophene rings is 1. The molecule has 4 heterocycles. The molecule has 2 aliphatic heterocycles. The summed E-state index contributed by atoms with van der Waals surface area (Å²) < 4.78 is 41.3. The third kappa shape index (κ3) is 5.66. The molecule has 1 unspecified atom stereocenters. The van der Waals surface area contributed by atoms with Crippen LogP contribution in [-0.4, -0.2) is 40.2 Å². The van der Waals surface area contributed by atoms with E-state index in [1.807, 2.05) is 35.2 Å². The fourth-order valence-electron chi connectivity index (χ4n) is 5.92. The molecule has 2 amide bonds. The summed E-state index contributed by atoms with van der Waals surface area (Å²) in [6, 6.07) is 23.6. The summed E-state index contributed by atoms with van der Waals surface area (Å²) in [5.41, 5.74) is 4.13. The number of hydrogen-bond acceptors (Lipinski definition) is 6. The van der Waals surface area contributed by atoms with Crippen LogP contribution in [0.1, 0.15) is 36.9 Å². The van der Waals surface area contributed by atoms with Crippen molar-refractivity contribution in [2.45, 2.75) is 24.8 Å². The predicted molar refractivity (Wildman–Crippen MR) is 177 cm³/mol. The lowest BCUT2D eigenvalue weighted by Crippen LogP contribution is -2.34. The Bertz CT molecular complexity index is 1980. The third-order valence-corrected chi connectivity index (χ3v) is 10.9. The van der Waals surface area contributed by atoms with E-state index in [0.717, 1.165) is 16.0 Å². The zero-order valence-corrected chi connectivity index (χ0v) is 26.4. The van der Waals surface area contributed by atoms with E-state index < -0.39 is 22.8 Å². The number of halogens is 2. The summed E-state index contributed by atoms with van der Waals surface area (Å²) >= 11 is 0.0473. The van der Waals surface area contributed by atoms with Crippen molar-refractivity contribution in [3.8, 4) is 10.4 Å². The summed E-state index contributed by atoms with van der Waals surface area (Å²) in [5, 5.41) is 2.72. The highest BCUT2D eigenvalue weighted by Crippen LogP contribution is 2.42. The average Bonchev–Trinajstić information content (AvgIpc) is 3.33.